The fourth-order valence-corrected chi connectivity index (χ4v) is 5.09. The first-order valence-electron chi connectivity index (χ1n) is 12.1. The molecule has 0 spiro atoms. The third kappa shape index (κ3) is 6.04. The third-order valence-electron chi connectivity index (χ3n) is 6.56. The highest BCUT2D eigenvalue weighted by molar-refractivity contribution is 5.93. The Bertz CT molecular complexity index is 928. The van der Waals surface area contributed by atoms with Gasteiger partial charge in [0, 0.05) is 12.7 Å². The molecular weight excluding hydrogens is 434 g/mol. The summed E-state index contributed by atoms with van der Waals surface area (Å²) < 4.78 is 5.24. The normalized spacial score (nSPS) is 20.9. The predicted octanol–water partition coefficient (Wildman–Crippen LogP) is 3.04. The van der Waals surface area contributed by atoms with Gasteiger partial charge in [-0.1, -0.05) is 19.3 Å². The molecule has 2 heterocycles. The largest absolute Gasteiger partial charge is 0.444 e. The number of nitrogens with one attached hydrogen (secondary N) is 2. The average Bonchev–Trinajstić information content (AvgIpc) is 3.27. The van der Waals surface area contributed by atoms with Crippen molar-refractivity contribution in [1.29, 1.82) is 5.26 Å². The predicted molar refractivity (Wildman–Crippen MR) is 125 cm³/mol. The number of carbonyl (C=O) groups is 3. The molecule has 1 atom stereocenters. The van der Waals surface area contributed by atoms with Crippen LogP contribution in [0, 0.1) is 17.2 Å². The number of nitrogens with zero attached hydrogens (tertiary/aromatic N) is 3. The van der Waals surface area contributed by atoms with Gasteiger partial charge in [-0.25, -0.2) is 4.79 Å². The molecule has 0 aromatic carbocycles. The number of likely N-dealkylation sites (tertiary alicyclic amines) is 1. The van der Waals surface area contributed by atoms with E-state index in [1.807, 2.05) is 6.07 Å². The number of ether oxygens (including phenoxy) is 1. The summed E-state index contributed by atoms with van der Waals surface area (Å²) in [5, 5.41) is 14.5. The smallest absolute Gasteiger partial charge is 0.408 e. The fourth-order valence-electron chi connectivity index (χ4n) is 5.09. The summed E-state index contributed by atoms with van der Waals surface area (Å²) in [4.78, 5) is 45.0. The number of amides is 3. The molecule has 9 nitrogen and oxygen atoms in total. The molecule has 184 valence electrons. The minimum Gasteiger partial charge on any atom is -0.444 e. The SMILES string of the molecule is CC(C)(C)OC(=O)NCC(=O)N1CCC[C@]1(C(=O)NCc1ccc(C#N)cn1)C1CCCCC1. The highest BCUT2D eigenvalue weighted by Crippen LogP contribution is 2.43. The third-order valence-corrected chi connectivity index (χ3v) is 6.56. The maximum Gasteiger partial charge on any atom is 0.408 e. The van der Waals surface area contributed by atoms with Crippen molar-refractivity contribution in [3.05, 3.63) is 29.6 Å². The van der Waals surface area contributed by atoms with E-state index >= 15 is 0 Å². The second kappa shape index (κ2) is 10.9. The minimum atomic E-state index is -0.931. The number of hydrogen-bond acceptors (Lipinski definition) is 6. The van der Waals surface area contributed by atoms with Crippen LogP contribution in [0.5, 0.6) is 0 Å². The van der Waals surface area contributed by atoms with Gasteiger partial charge in [-0.05, 0) is 64.5 Å². The van der Waals surface area contributed by atoms with Crippen molar-refractivity contribution in [2.45, 2.75) is 83.4 Å². The zero-order valence-corrected chi connectivity index (χ0v) is 20.4. The van der Waals surface area contributed by atoms with Crippen LogP contribution in [0.25, 0.3) is 0 Å². The lowest BCUT2D eigenvalue weighted by Gasteiger charge is -2.44. The summed E-state index contributed by atoms with van der Waals surface area (Å²) in [7, 11) is 0. The van der Waals surface area contributed by atoms with Crippen LogP contribution in [0.3, 0.4) is 0 Å². The summed E-state index contributed by atoms with van der Waals surface area (Å²) in [5.74, 6) is -0.377. The molecule has 3 amide bonds. The first kappa shape index (κ1) is 25.5. The van der Waals surface area contributed by atoms with Gasteiger partial charge in [-0.2, -0.15) is 5.26 Å². The Balaban J connectivity index is 1.74. The van der Waals surface area contributed by atoms with E-state index in [1.54, 1.807) is 37.8 Å². The molecule has 2 aliphatic rings. The van der Waals surface area contributed by atoms with Gasteiger partial charge in [0.05, 0.1) is 17.8 Å². The average molecular weight is 470 g/mol. The molecule has 0 bridgehead atoms. The Kier molecular flexibility index (Phi) is 8.13. The lowest BCUT2D eigenvalue weighted by atomic mass is 9.72. The Hall–Kier alpha value is -3.15. The Morgan fingerprint density at radius 1 is 1.18 bits per heavy atom. The second-order valence-corrected chi connectivity index (χ2v) is 10.1. The summed E-state index contributed by atoms with van der Waals surface area (Å²) in [6.45, 7) is 5.76. The number of alkyl carbamates (subject to hydrolysis) is 1. The summed E-state index contributed by atoms with van der Waals surface area (Å²) >= 11 is 0. The van der Waals surface area contributed by atoms with Crippen molar-refractivity contribution in [3.8, 4) is 6.07 Å². The molecule has 0 unspecified atom stereocenters. The second-order valence-electron chi connectivity index (χ2n) is 10.1. The Morgan fingerprint density at radius 3 is 2.53 bits per heavy atom. The van der Waals surface area contributed by atoms with E-state index < -0.39 is 17.2 Å². The number of rotatable bonds is 6. The van der Waals surface area contributed by atoms with Gasteiger partial charge >= 0.3 is 6.09 Å². The van der Waals surface area contributed by atoms with Crippen LogP contribution in [0.2, 0.25) is 0 Å². The zero-order chi connectivity index (χ0) is 24.8. The van der Waals surface area contributed by atoms with E-state index in [4.69, 9.17) is 10.00 Å². The molecule has 1 aromatic rings. The highest BCUT2D eigenvalue weighted by Gasteiger charge is 2.54. The maximum absolute atomic E-state index is 13.7. The number of aromatic nitrogens is 1. The van der Waals surface area contributed by atoms with Gasteiger partial charge in [0.2, 0.25) is 11.8 Å². The van der Waals surface area contributed by atoms with Gasteiger partial charge in [-0.3, -0.25) is 14.6 Å². The number of pyridine rings is 1. The molecule has 9 heteroatoms. The maximum atomic E-state index is 13.7. The Morgan fingerprint density at radius 2 is 1.91 bits per heavy atom. The van der Waals surface area contributed by atoms with Crippen molar-refractivity contribution >= 4 is 17.9 Å². The van der Waals surface area contributed by atoms with Crippen LogP contribution in [-0.2, 0) is 20.9 Å². The molecule has 1 saturated carbocycles. The van der Waals surface area contributed by atoms with Gasteiger partial charge in [0.25, 0.3) is 0 Å². The number of hydrogen-bond donors (Lipinski definition) is 2. The van der Waals surface area contributed by atoms with Crippen molar-refractivity contribution < 1.29 is 19.1 Å². The molecule has 2 fully saturated rings. The van der Waals surface area contributed by atoms with Gasteiger partial charge in [0.1, 0.15) is 23.8 Å². The summed E-state index contributed by atoms with van der Waals surface area (Å²) in [6.07, 6.45) is 7.16. The first-order valence-corrected chi connectivity index (χ1v) is 12.1. The molecule has 1 saturated heterocycles. The molecule has 0 radical (unpaired) electrons. The molecule has 34 heavy (non-hydrogen) atoms. The van der Waals surface area contributed by atoms with Crippen molar-refractivity contribution in [1.82, 2.24) is 20.5 Å². The summed E-state index contributed by atoms with van der Waals surface area (Å²) in [6, 6.07) is 5.41. The van der Waals surface area contributed by atoms with Crippen molar-refractivity contribution in [2.75, 3.05) is 13.1 Å². The number of carbonyl (C=O) groups excluding carboxylic acids is 3. The molecule has 1 aliphatic heterocycles. The highest BCUT2D eigenvalue weighted by atomic mass is 16.6. The molecule has 2 N–H and O–H groups in total. The lowest BCUT2D eigenvalue weighted by molar-refractivity contribution is -0.149. The standard InChI is InChI=1S/C25H35N5O4/c1-24(2,3)34-23(33)29-17-21(31)30-13-7-12-25(30,19-8-5-4-6-9-19)22(32)28-16-20-11-10-18(14-26)15-27-20/h10-11,15,19H,4-9,12-13,16-17H2,1-3H3,(H,28,32)(H,29,33)/t25-/m1/s1. The monoisotopic (exact) mass is 469 g/mol. The summed E-state index contributed by atoms with van der Waals surface area (Å²) in [5.41, 5.74) is -0.487. The quantitative estimate of drug-likeness (QED) is 0.660. The van der Waals surface area contributed by atoms with E-state index in [-0.39, 0.29) is 30.8 Å². The van der Waals surface area contributed by atoms with E-state index in [0.29, 0.717) is 24.2 Å². The first-order chi connectivity index (χ1) is 16.2. The van der Waals surface area contributed by atoms with Crippen LogP contribution in [0.4, 0.5) is 4.79 Å². The van der Waals surface area contributed by atoms with Crippen LogP contribution >= 0.6 is 0 Å². The van der Waals surface area contributed by atoms with Crippen LogP contribution < -0.4 is 10.6 Å². The topological polar surface area (TPSA) is 124 Å². The zero-order valence-electron chi connectivity index (χ0n) is 20.4. The van der Waals surface area contributed by atoms with Crippen molar-refractivity contribution in [3.63, 3.8) is 0 Å². The minimum absolute atomic E-state index is 0.0724. The number of nitriles is 1. The lowest BCUT2D eigenvalue weighted by Crippen LogP contribution is -2.63. The fraction of sp³-hybridized carbons (Fsp3) is 0.640. The molecular formula is C25H35N5O4. The van der Waals surface area contributed by atoms with Crippen LogP contribution in [-0.4, -0.2) is 52.0 Å². The van der Waals surface area contributed by atoms with E-state index in [9.17, 15) is 14.4 Å². The Labute approximate surface area is 201 Å². The van der Waals surface area contributed by atoms with Gasteiger partial charge in [-0.15, -0.1) is 0 Å². The van der Waals surface area contributed by atoms with Gasteiger partial charge in [0.15, 0.2) is 0 Å². The van der Waals surface area contributed by atoms with Gasteiger partial charge < -0.3 is 20.3 Å². The molecule has 1 aromatic heterocycles. The molecule has 1 aliphatic carbocycles. The van der Waals surface area contributed by atoms with Crippen LogP contribution in [0.15, 0.2) is 18.3 Å². The van der Waals surface area contributed by atoms with Crippen LogP contribution in [0.1, 0.15) is 77.0 Å². The van der Waals surface area contributed by atoms with E-state index in [0.717, 1.165) is 38.5 Å². The van der Waals surface area contributed by atoms with E-state index in [2.05, 4.69) is 15.6 Å². The van der Waals surface area contributed by atoms with E-state index in [1.165, 1.54) is 6.20 Å². The van der Waals surface area contributed by atoms with Crippen molar-refractivity contribution in [2.24, 2.45) is 5.92 Å². The molecule has 3 rings (SSSR count).